The smallest absolute Gasteiger partial charge is 0.253 e. The zero-order valence-corrected chi connectivity index (χ0v) is 18.9. The number of fused-ring (bicyclic) bond motifs is 1. The second kappa shape index (κ2) is 9.54. The third-order valence-corrected chi connectivity index (χ3v) is 6.91. The molecule has 0 spiro atoms. The number of thiophene rings is 1. The monoisotopic (exact) mass is 463 g/mol. The second-order valence-corrected chi connectivity index (χ2v) is 9.01. The third-order valence-electron chi connectivity index (χ3n) is 5.94. The van der Waals surface area contributed by atoms with Gasteiger partial charge in [0.05, 0.1) is 18.2 Å². The van der Waals surface area contributed by atoms with E-state index in [1.165, 1.54) is 4.88 Å². The van der Waals surface area contributed by atoms with E-state index in [0.717, 1.165) is 24.9 Å². The summed E-state index contributed by atoms with van der Waals surface area (Å²) >= 11 is 1.69. The molecule has 0 aliphatic carbocycles. The number of para-hydroxylation sites is 1. The molecule has 1 atom stereocenters. The van der Waals surface area contributed by atoms with Gasteiger partial charge in [-0.15, -0.1) is 11.3 Å². The molecule has 0 radical (unpaired) electrons. The van der Waals surface area contributed by atoms with Gasteiger partial charge in [0.1, 0.15) is 0 Å². The molecular formula is C25H25N3O4S. The number of hydrogen-bond donors (Lipinski definition) is 2. The molecule has 1 unspecified atom stereocenters. The van der Waals surface area contributed by atoms with E-state index in [2.05, 4.69) is 16.7 Å². The molecule has 170 valence electrons. The van der Waals surface area contributed by atoms with Gasteiger partial charge in [-0.2, -0.15) is 0 Å². The average Bonchev–Trinajstić information content (AvgIpc) is 3.61. The summed E-state index contributed by atoms with van der Waals surface area (Å²) in [6, 6.07) is 17.1. The van der Waals surface area contributed by atoms with Crippen LogP contribution in [0.1, 0.15) is 39.7 Å². The average molecular weight is 464 g/mol. The van der Waals surface area contributed by atoms with Crippen LogP contribution in [0.4, 0.5) is 5.69 Å². The molecule has 8 heteroatoms. The molecule has 3 aromatic rings. The molecule has 0 saturated carbocycles. The zero-order chi connectivity index (χ0) is 22.6. The van der Waals surface area contributed by atoms with E-state index in [4.69, 9.17) is 9.47 Å². The lowest BCUT2D eigenvalue weighted by Crippen LogP contribution is -2.35. The molecule has 2 aromatic carbocycles. The molecule has 33 heavy (non-hydrogen) atoms. The number of ether oxygens (including phenoxy) is 2. The highest BCUT2D eigenvalue weighted by molar-refractivity contribution is 7.10. The van der Waals surface area contributed by atoms with Crippen LogP contribution in [0.15, 0.2) is 60.0 Å². The number of amides is 2. The van der Waals surface area contributed by atoms with Gasteiger partial charge >= 0.3 is 0 Å². The van der Waals surface area contributed by atoms with Crippen molar-refractivity contribution in [1.29, 1.82) is 0 Å². The van der Waals surface area contributed by atoms with Crippen LogP contribution in [0.5, 0.6) is 11.5 Å². The van der Waals surface area contributed by atoms with E-state index in [0.29, 0.717) is 29.3 Å². The highest BCUT2D eigenvalue weighted by atomic mass is 32.1. The van der Waals surface area contributed by atoms with Crippen LogP contribution in [0.25, 0.3) is 0 Å². The zero-order valence-electron chi connectivity index (χ0n) is 18.1. The lowest BCUT2D eigenvalue weighted by Gasteiger charge is -2.24. The Kier molecular flexibility index (Phi) is 6.17. The van der Waals surface area contributed by atoms with Crippen LogP contribution in [0.2, 0.25) is 0 Å². The van der Waals surface area contributed by atoms with Crippen molar-refractivity contribution in [2.24, 2.45) is 0 Å². The van der Waals surface area contributed by atoms with E-state index in [1.807, 2.05) is 52.7 Å². The number of nitrogens with one attached hydrogen (secondary N) is 2. The van der Waals surface area contributed by atoms with Crippen molar-refractivity contribution in [3.63, 3.8) is 0 Å². The van der Waals surface area contributed by atoms with Crippen LogP contribution < -0.4 is 20.1 Å². The number of nitrogens with zero attached hydrogens (tertiary/aromatic N) is 1. The molecule has 1 aromatic heterocycles. The van der Waals surface area contributed by atoms with Crippen molar-refractivity contribution in [2.75, 3.05) is 25.2 Å². The topological polar surface area (TPSA) is 79.9 Å². The molecule has 2 amide bonds. The molecule has 3 heterocycles. The van der Waals surface area contributed by atoms with Crippen molar-refractivity contribution in [2.45, 2.75) is 25.4 Å². The van der Waals surface area contributed by atoms with Gasteiger partial charge in [0.2, 0.25) is 12.7 Å². The Morgan fingerprint density at radius 3 is 2.82 bits per heavy atom. The summed E-state index contributed by atoms with van der Waals surface area (Å²) in [4.78, 5) is 29.0. The molecule has 2 aliphatic heterocycles. The number of rotatable bonds is 7. The predicted octanol–water partition coefficient (Wildman–Crippen LogP) is 4.18. The predicted molar refractivity (Wildman–Crippen MR) is 127 cm³/mol. The number of carbonyl (C=O) groups is 2. The van der Waals surface area contributed by atoms with E-state index in [9.17, 15) is 9.59 Å². The van der Waals surface area contributed by atoms with Crippen molar-refractivity contribution in [3.8, 4) is 11.5 Å². The number of benzene rings is 2. The van der Waals surface area contributed by atoms with Gasteiger partial charge < -0.3 is 25.0 Å². The summed E-state index contributed by atoms with van der Waals surface area (Å²) in [5.41, 5.74) is 2.06. The first-order valence-electron chi connectivity index (χ1n) is 11.0. The van der Waals surface area contributed by atoms with Gasteiger partial charge in [-0.25, -0.2) is 0 Å². The maximum absolute atomic E-state index is 13.0. The van der Waals surface area contributed by atoms with Crippen molar-refractivity contribution < 1.29 is 19.1 Å². The molecule has 2 aliphatic rings. The minimum absolute atomic E-state index is 0.0430. The number of anilines is 1. The van der Waals surface area contributed by atoms with Crippen molar-refractivity contribution in [3.05, 3.63) is 76.0 Å². The first-order valence-corrected chi connectivity index (χ1v) is 11.9. The summed E-state index contributed by atoms with van der Waals surface area (Å²) in [6.45, 7) is 1.49. The normalized spacial score (nSPS) is 16.6. The SMILES string of the molecule is O=C(NCc1ccc2c(c1)OCO2)c1ccccc1NCC(=O)N1CCCC1c1cccs1. The molecule has 5 rings (SSSR count). The second-order valence-electron chi connectivity index (χ2n) is 8.03. The molecule has 2 N–H and O–H groups in total. The maximum Gasteiger partial charge on any atom is 0.253 e. The summed E-state index contributed by atoms with van der Waals surface area (Å²) in [5, 5.41) is 8.18. The standard InChI is InChI=1S/C25H25N3O4S/c29-24(28-11-3-7-20(28)23-8-4-12-33-23)15-26-19-6-2-1-5-18(19)25(30)27-14-17-9-10-21-22(13-17)32-16-31-21/h1-2,4-6,8-10,12-13,20,26H,3,7,11,14-16H2,(H,27,30). The van der Waals surface area contributed by atoms with E-state index >= 15 is 0 Å². The van der Waals surface area contributed by atoms with E-state index in [1.54, 1.807) is 17.4 Å². The van der Waals surface area contributed by atoms with Crippen molar-refractivity contribution >= 4 is 28.8 Å². The molecule has 1 saturated heterocycles. The van der Waals surface area contributed by atoms with Crippen LogP contribution in [-0.2, 0) is 11.3 Å². The minimum atomic E-state index is -0.208. The Labute approximate surface area is 196 Å². The largest absolute Gasteiger partial charge is 0.454 e. The number of hydrogen-bond acceptors (Lipinski definition) is 6. The van der Waals surface area contributed by atoms with E-state index < -0.39 is 0 Å². The van der Waals surface area contributed by atoms with E-state index in [-0.39, 0.29) is 31.2 Å². The molecule has 7 nitrogen and oxygen atoms in total. The third kappa shape index (κ3) is 4.66. The van der Waals surface area contributed by atoms with Gasteiger partial charge in [-0.3, -0.25) is 9.59 Å². The Bertz CT molecular complexity index is 1150. The summed E-state index contributed by atoms with van der Waals surface area (Å²) in [7, 11) is 0. The highest BCUT2D eigenvalue weighted by Gasteiger charge is 2.30. The van der Waals surface area contributed by atoms with Gasteiger partial charge in [0, 0.05) is 23.7 Å². The van der Waals surface area contributed by atoms with Gasteiger partial charge in [-0.1, -0.05) is 24.3 Å². The fraction of sp³-hybridized carbons (Fsp3) is 0.280. The van der Waals surface area contributed by atoms with Crippen LogP contribution >= 0.6 is 11.3 Å². The Morgan fingerprint density at radius 1 is 1.06 bits per heavy atom. The molecule has 1 fully saturated rings. The minimum Gasteiger partial charge on any atom is -0.454 e. The number of likely N-dealkylation sites (tertiary alicyclic amines) is 1. The molecular weight excluding hydrogens is 438 g/mol. The Balaban J connectivity index is 1.20. The maximum atomic E-state index is 13.0. The fourth-order valence-electron chi connectivity index (χ4n) is 4.28. The highest BCUT2D eigenvalue weighted by Crippen LogP contribution is 2.34. The van der Waals surface area contributed by atoms with Crippen molar-refractivity contribution in [1.82, 2.24) is 10.2 Å². The summed E-state index contributed by atoms with van der Waals surface area (Å²) in [5.74, 6) is 1.23. The number of carbonyl (C=O) groups excluding carboxylic acids is 2. The molecule has 0 bridgehead atoms. The van der Waals surface area contributed by atoms with Crippen LogP contribution in [-0.4, -0.2) is 36.6 Å². The van der Waals surface area contributed by atoms with Crippen LogP contribution in [0, 0.1) is 0 Å². The summed E-state index contributed by atoms with van der Waals surface area (Å²) in [6.07, 6.45) is 2.00. The Morgan fingerprint density at radius 2 is 1.94 bits per heavy atom. The first-order chi connectivity index (χ1) is 16.2. The Hall–Kier alpha value is -3.52. The lowest BCUT2D eigenvalue weighted by molar-refractivity contribution is -0.130. The van der Waals surface area contributed by atoms with Gasteiger partial charge in [-0.05, 0) is 54.1 Å². The van der Waals surface area contributed by atoms with Crippen LogP contribution in [0.3, 0.4) is 0 Å². The quantitative estimate of drug-likeness (QED) is 0.550. The van der Waals surface area contributed by atoms with Gasteiger partial charge in [0.25, 0.3) is 5.91 Å². The first kappa shape index (κ1) is 21.3. The fourth-order valence-corrected chi connectivity index (χ4v) is 5.15. The summed E-state index contributed by atoms with van der Waals surface area (Å²) < 4.78 is 10.7. The lowest BCUT2D eigenvalue weighted by atomic mass is 10.1. The van der Waals surface area contributed by atoms with Gasteiger partial charge in [0.15, 0.2) is 11.5 Å².